The van der Waals surface area contributed by atoms with Crippen LogP contribution < -0.4 is 15.4 Å². The predicted molar refractivity (Wildman–Crippen MR) is 106 cm³/mol. The first kappa shape index (κ1) is 18.0. The Morgan fingerprint density at radius 3 is 2.61 bits per heavy atom. The summed E-state index contributed by atoms with van der Waals surface area (Å²) in [5.41, 5.74) is 2.21. The third-order valence-corrected chi connectivity index (χ3v) is 4.47. The van der Waals surface area contributed by atoms with Crippen LogP contribution in [0.15, 0.2) is 53.1 Å². The molecule has 2 aromatic carbocycles. The Bertz CT molecular complexity index is 966. The first-order valence-electron chi connectivity index (χ1n) is 9.43. The molecule has 0 radical (unpaired) electrons. The lowest BCUT2D eigenvalue weighted by Crippen LogP contribution is -2.20. The van der Waals surface area contributed by atoms with E-state index in [0.717, 1.165) is 24.2 Å². The molecule has 1 aromatic heterocycles. The minimum Gasteiger partial charge on any atom is -0.492 e. The van der Waals surface area contributed by atoms with Crippen LogP contribution in [-0.2, 0) is 6.42 Å². The molecule has 1 saturated carbocycles. The van der Waals surface area contributed by atoms with Crippen molar-refractivity contribution >= 4 is 17.4 Å². The van der Waals surface area contributed by atoms with Gasteiger partial charge in [-0.2, -0.15) is 4.98 Å². The van der Waals surface area contributed by atoms with Crippen LogP contribution >= 0.6 is 0 Å². The van der Waals surface area contributed by atoms with Gasteiger partial charge in [0, 0.05) is 11.6 Å². The molecular formula is C21H22N4O3. The standard InChI is InChI=1S/C21H22N4O3/c1-2-27-18-10-6-5-9-17(18)23-21(26)22-16-8-4-3-7-15(16)13-19-24-20(25-28-19)14-11-12-14/h3-10,14H,2,11-13H2,1H3,(H2,22,23,26). The summed E-state index contributed by atoms with van der Waals surface area (Å²) in [6.07, 6.45) is 2.71. The maximum atomic E-state index is 12.5. The number of ether oxygens (including phenoxy) is 1. The van der Waals surface area contributed by atoms with E-state index in [9.17, 15) is 4.79 Å². The number of para-hydroxylation sites is 3. The number of hydrogen-bond acceptors (Lipinski definition) is 5. The van der Waals surface area contributed by atoms with Crippen molar-refractivity contribution in [1.29, 1.82) is 0 Å². The first-order chi connectivity index (χ1) is 13.7. The SMILES string of the molecule is CCOc1ccccc1NC(=O)Nc1ccccc1Cc1nc(C2CC2)no1. The predicted octanol–water partition coefficient (Wildman–Crippen LogP) is 4.58. The molecule has 0 aliphatic heterocycles. The van der Waals surface area contributed by atoms with Crippen LogP contribution in [0.1, 0.15) is 43.0 Å². The highest BCUT2D eigenvalue weighted by molar-refractivity contribution is 6.01. The molecule has 1 fully saturated rings. The molecule has 7 nitrogen and oxygen atoms in total. The zero-order valence-corrected chi connectivity index (χ0v) is 15.6. The van der Waals surface area contributed by atoms with E-state index in [0.29, 0.717) is 42.0 Å². The number of rotatable bonds is 7. The smallest absolute Gasteiger partial charge is 0.323 e. The lowest BCUT2D eigenvalue weighted by Gasteiger charge is -2.13. The van der Waals surface area contributed by atoms with Gasteiger partial charge in [-0.15, -0.1) is 0 Å². The van der Waals surface area contributed by atoms with Crippen molar-refractivity contribution in [3.05, 3.63) is 65.8 Å². The normalized spacial score (nSPS) is 13.2. The minimum absolute atomic E-state index is 0.344. The molecule has 28 heavy (non-hydrogen) atoms. The van der Waals surface area contributed by atoms with Crippen molar-refractivity contribution in [2.75, 3.05) is 17.2 Å². The molecule has 4 rings (SSSR count). The maximum absolute atomic E-state index is 12.5. The first-order valence-corrected chi connectivity index (χ1v) is 9.43. The molecule has 2 N–H and O–H groups in total. The molecule has 144 valence electrons. The van der Waals surface area contributed by atoms with Crippen molar-refractivity contribution < 1.29 is 14.1 Å². The molecular weight excluding hydrogens is 356 g/mol. The average molecular weight is 378 g/mol. The number of amides is 2. The second-order valence-corrected chi connectivity index (χ2v) is 6.66. The summed E-state index contributed by atoms with van der Waals surface area (Å²) >= 11 is 0. The number of nitrogens with one attached hydrogen (secondary N) is 2. The van der Waals surface area contributed by atoms with Crippen LogP contribution in [0.5, 0.6) is 5.75 Å². The maximum Gasteiger partial charge on any atom is 0.323 e. The quantitative estimate of drug-likeness (QED) is 0.628. The summed E-state index contributed by atoms with van der Waals surface area (Å²) in [6, 6.07) is 14.6. The van der Waals surface area contributed by atoms with Gasteiger partial charge in [-0.25, -0.2) is 4.79 Å². The number of urea groups is 1. The van der Waals surface area contributed by atoms with Crippen molar-refractivity contribution in [1.82, 2.24) is 10.1 Å². The highest BCUT2D eigenvalue weighted by atomic mass is 16.5. The fourth-order valence-electron chi connectivity index (χ4n) is 2.93. The summed E-state index contributed by atoms with van der Waals surface area (Å²) in [6.45, 7) is 2.43. The van der Waals surface area contributed by atoms with Gasteiger partial charge in [0.2, 0.25) is 5.89 Å². The van der Waals surface area contributed by atoms with Crippen molar-refractivity contribution in [2.24, 2.45) is 0 Å². The van der Waals surface area contributed by atoms with E-state index in [-0.39, 0.29) is 6.03 Å². The van der Waals surface area contributed by atoms with Gasteiger partial charge < -0.3 is 19.9 Å². The van der Waals surface area contributed by atoms with Gasteiger partial charge in [-0.3, -0.25) is 0 Å². The van der Waals surface area contributed by atoms with Crippen LogP contribution in [0, 0.1) is 0 Å². The fraction of sp³-hybridized carbons (Fsp3) is 0.286. The van der Waals surface area contributed by atoms with E-state index < -0.39 is 0 Å². The average Bonchev–Trinajstić information content (AvgIpc) is 3.44. The van der Waals surface area contributed by atoms with E-state index in [1.54, 1.807) is 6.07 Å². The molecule has 1 aliphatic carbocycles. The molecule has 0 bridgehead atoms. The van der Waals surface area contributed by atoms with Crippen LogP contribution in [0.2, 0.25) is 0 Å². The van der Waals surface area contributed by atoms with Crippen LogP contribution in [-0.4, -0.2) is 22.8 Å². The minimum atomic E-state index is -0.344. The summed E-state index contributed by atoms with van der Waals surface area (Å²) < 4.78 is 10.9. The lowest BCUT2D eigenvalue weighted by molar-refractivity contribution is 0.262. The van der Waals surface area contributed by atoms with E-state index >= 15 is 0 Å². The number of aromatic nitrogens is 2. The third kappa shape index (κ3) is 4.31. The molecule has 3 aromatic rings. The molecule has 7 heteroatoms. The number of hydrogen-bond donors (Lipinski definition) is 2. The van der Waals surface area contributed by atoms with Crippen molar-refractivity contribution in [3.8, 4) is 5.75 Å². The van der Waals surface area contributed by atoms with E-state index in [1.807, 2.05) is 49.4 Å². The number of nitrogens with zero attached hydrogens (tertiary/aromatic N) is 2. The van der Waals surface area contributed by atoms with Gasteiger partial charge in [-0.05, 0) is 43.5 Å². The van der Waals surface area contributed by atoms with Crippen LogP contribution in [0.25, 0.3) is 0 Å². The van der Waals surface area contributed by atoms with Crippen molar-refractivity contribution in [3.63, 3.8) is 0 Å². The number of benzene rings is 2. The Morgan fingerprint density at radius 2 is 1.82 bits per heavy atom. The number of carbonyl (C=O) groups is 1. The Hall–Kier alpha value is -3.35. The van der Waals surface area contributed by atoms with E-state index in [2.05, 4.69) is 20.8 Å². The van der Waals surface area contributed by atoms with Gasteiger partial charge in [0.15, 0.2) is 5.82 Å². The molecule has 1 heterocycles. The highest BCUT2D eigenvalue weighted by Crippen LogP contribution is 2.38. The molecule has 0 saturated heterocycles. The van der Waals surface area contributed by atoms with Gasteiger partial charge >= 0.3 is 6.03 Å². The van der Waals surface area contributed by atoms with Gasteiger partial charge in [0.25, 0.3) is 0 Å². The third-order valence-electron chi connectivity index (χ3n) is 4.47. The summed E-state index contributed by atoms with van der Waals surface area (Å²) in [4.78, 5) is 17.0. The topological polar surface area (TPSA) is 89.3 Å². The van der Waals surface area contributed by atoms with Crippen LogP contribution in [0.4, 0.5) is 16.2 Å². The number of anilines is 2. The monoisotopic (exact) mass is 378 g/mol. The fourth-order valence-corrected chi connectivity index (χ4v) is 2.93. The van der Waals surface area contributed by atoms with E-state index in [4.69, 9.17) is 9.26 Å². The Kier molecular flexibility index (Phi) is 5.23. The molecule has 2 amide bonds. The second-order valence-electron chi connectivity index (χ2n) is 6.66. The molecule has 1 aliphatic rings. The van der Waals surface area contributed by atoms with Gasteiger partial charge in [0.05, 0.1) is 18.7 Å². The van der Waals surface area contributed by atoms with Gasteiger partial charge in [0.1, 0.15) is 5.75 Å². The zero-order chi connectivity index (χ0) is 19.3. The van der Waals surface area contributed by atoms with Gasteiger partial charge in [-0.1, -0.05) is 35.5 Å². The highest BCUT2D eigenvalue weighted by Gasteiger charge is 2.28. The largest absolute Gasteiger partial charge is 0.492 e. The Balaban J connectivity index is 1.45. The van der Waals surface area contributed by atoms with Crippen molar-refractivity contribution in [2.45, 2.75) is 32.1 Å². The summed E-state index contributed by atoms with van der Waals surface area (Å²) in [5.74, 6) is 2.41. The van der Waals surface area contributed by atoms with E-state index in [1.165, 1.54) is 0 Å². The zero-order valence-electron chi connectivity index (χ0n) is 15.6. The lowest BCUT2D eigenvalue weighted by atomic mass is 10.1. The molecule has 0 spiro atoms. The van der Waals surface area contributed by atoms with Crippen LogP contribution in [0.3, 0.4) is 0 Å². The Labute approximate surface area is 163 Å². The Morgan fingerprint density at radius 1 is 1.11 bits per heavy atom. The summed E-state index contributed by atoms with van der Waals surface area (Å²) in [7, 11) is 0. The molecule has 0 unspecified atom stereocenters. The molecule has 0 atom stereocenters. The second kappa shape index (κ2) is 8.12. The summed E-state index contributed by atoms with van der Waals surface area (Å²) in [5, 5.41) is 9.78. The number of carbonyl (C=O) groups excluding carboxylic acids is 1.